The molecule has 0 aliphatic carbocycles. The number of rotatable bonds is 4. The Morgan fingerprint density at radius 2 is 0.889 bits per heavy atom. The van der Waals surface area contributed by atoms with E-state index in [1.807, 2.05) is 98.8 Å². The monoisotopic (exact) mass is 474 g/mol. The maximum Gasteiger partial charge on any atom is 0.146 e. The van der Waals surface area contributed by atoms with Crippen molar-refractivity contribution in [1.29, 1.82) is 0 Å². The van der Waals surface area contributed by atoms with Crippen molar-refractivity contribution in [3.8, 4) is 22.9 Å². The molecular formula is C28H22N6O2. The molecule has 0 saturated heterocycles. The summed E-state index contributed by atoms with van der Waals surface area (Å²) in [5.74, 6) is 0.263. The highest BCUT2D eigenvalue weighted by Crippen LogP contribution is 2.30. The SMILES string of the molecule is Cc1cc(C=Cc2cc(C)c(O)c(-n3nc4ccccc4n3)c2)cc(-n2nc3ccccc3n2)c1O. The second-order valence-electron chi connectivity index (χ2n) is 8.70. The minimum atomic E-state index is 0.132. The second kappa shape index (κ2) is 8.35. The molecule has 2 aromatic heterocycles. The van der Waals surface area contributed by atoms with Gasteiger partial charge in [-0.15, -0.1) is 30.0 Å². The molecule has 0 fully saturated rings. The van der Waals surface area contributed by atoms with Crippen LogP contribution < -0.4 is 0 Å². The van der Waals surface area contributed by atoms with E-state index in [2.05, 4.69) is 20.4 Å². The summed E-state index contributed by atoms with van der Waals surface area (Å²) in [5.41, 5.74) is 7.18. The molecule has 2 N–H and O–H groups in total. The average molecular weight is 475 g/mol. The van der Waals surface area contributed by atoms with Gasteiger partial charge in [-0.25, -0.2) is 0 Å². The van der Waals surface area contributed by atoms with E-state index in [0.717, 1.165) is 33.2 Å². The minimum absolute atomic E-state index is 0.132. The van der Waals surface area contributed by atoms with E-state index in [4.69, 9.17) is 0 Å². The summed E-state index contributed by atoms with van der Waals surface area (Å²) in [6.45, 7) is 3.69. The van der Waals surface area contributed by atoms with Gasteiger partial charge in [0.1, 0.15) is 44.9 Å². The Balaban J connectivity index is 1.38. The van der Waals surface area contributed by atoms with Gasteiger partial charge in [0.25, 0.3) is 0 Å². The van der Waals surface area contributed by atoms with Crippen LogP contribution in [-0.4, -0.2) is 40.2 Å². The van der Waals surface area contributed by atoms with Crippen molar-refractivity contribution in [2.24, 2.45) is 0 Å². The number of benzene rings is 4. The van der Waals surface area contributed by atoms with E-state index in [1.54, 1.807) is 0 Å². The Hall–Kier alpha value is -4.98. The van der Waals surface area contributed by atoms with Gasteiger partial charge < -0.3 is 10.2 Å². The first-order valence-corrected chi connectivity index (χ1v) is 11.5. The Morgan fingerprint density at radius 3 is 1.22 bits per heavy atom. The first-order chi connectivity index (χ1) is 17.5. The van der Waals surface area contributed by atoms with Crippen molar-refractivity contribution in [3.05, 3.63) is 95.1 Å². The van der Waals surface area contributed by atoms with Gasteiger partial charge in [0.15, 0.2) is 0 Å². The lowest BCUT2D eigenvalue weighted by Crippen LogP contribution is -2.01. The Labute approximate surface area is 206 Å². The van der Waals surface area contributed by atoms with Gasteiger partial charge in [0.2, 0.25) is 0 Å². The van der Waals surface area contributed by atoms with Crippen LogP contribution in [0.2, 0.25) is 0 Å². The number of aryl methyl sites for hydroxylation is 2. The number of aromatic hydroxyl groups is 2. The highest BCUT2D eigenvalue weighted by Gasteiger charge is 2.14. The summed E-state index contributed by atoms with van der Waals surface area (Å²) in [6.07, 6.45) is 3.89. The average Bonchev–Trinajstić information content (AvgIpc) is 3.50. The van der Waals surface area contributed by atoms with Crippen LogP contribution in [0.3, 0.4) is 0 Å². The predicted octanol–water partition coefficient (Wildman–Crippen LogP) is 5.35. The molecule has 4 aromatic carbocycles. The summed E-state index contributed by atoms with van der Waals surface area (Å²) < 4.78 is 0. The second-order valence-corrected chi connectivity index (χ2v) is 8.70. The molecule has 0 spiro atoms. The van der Waals surface area contributed by atoms with Crippen LogP contribution in [0, 0.1) is 13.8 Å². The number of phenols is 2. The molecule has 36 heavy (non-hydrogen) atoms. The van der Waals surface area contributed by atoms with Crippen LogP contribution in [0.15, 0.2) is 72.8 Å². The number of nitrogens with zero attached hydrogens (tertiary/aromatic N) is 6. The summed E-state index contributed by atoms with van der Waals surface area (Å²) in [5, 5.41) is 39.4. The Kier molecular flexibility index (Phi) is 5.00. The molecular weight excluding hydrogens is 452 g/mol. The van der Waals surface area contributed by atoms with Crippen molar-refractivity contribution in [1.82, 2.24) is 30.0 Å². The normalized spacial score (nSPS) is 11.7. The van der Waals surface area contributed by atoms with Crippen LogP contribution >= 0.6 is 0 Å². The zero-order valence-electron chi connectivity index (χ0n) is 19.7. The van der Waals surface area contributed by atoms with Crippen LogP contribution in [0.5, 0.6) is 11.5 Å². The van der Waals surface area contributed by atoms with Gasteiger partial charge in [-0.2, -0.15) is 0 Å². The number of phenolic OH excluding ortho intramolecular Hbond substituents is 2. The van der Waals surface area contributed by atoms with Crippen LogP contribution in [-0.2, 0) is 0 Å². The molecule has 8 nitrogen and oxygen atoms in total. The summed E-state index contributed by atoms with van der Waals surface area (Å²) in [7, 11) is 0. The van der Waals surface area contributed by atoms with Crippen molar-refractivity contribution < 1.29 is 10.2 Å². The number of fused-ring (bicyclic) bond motifs is 2. The largest absolute Gasteiger partial charge is 0.505 e. The van der Waals surface area contributed by atoms with E-state index in [0.29, 0.717) is 22.5 Å². The maximum atomic E-state index is 10.7. The molecule has 0 bridgehead atoms. The van der Waals surface area contributed by atoms with Crippen molar-refractivity contribution in [3.63, 3.8) is 0 Å². The lowest BCUT2D eigenvalue weighted by molar-refractivity contribution is 0.463. The zero-order chi connectivity index (χ0) is 24.8. The van der Waals surface area contributed by atoms with Crippen molar-refractivity contribution >= 4 is 34.2 Å². The van der Waals surface area contributed by atoms with E-state index >= 15 is 0 Å². The van der Waals surface area contributed by atoms with E-state index in [-0.39, 0.29) is 11.5 Å². The fourth-order valence-electron chi connectivity index (χ4n) is 4.20. The molecule has 0 atom stereocenters. The summed E-state index contributed by atoms with van der Waals surface area (Å²) in [6, 6.07) is 22.6. The smallest absolute Gasteiger partial charge is 0.146 e. The predicted molar refractivity (Wildman–Crippen MR) is 139 cm³/mol. The van der Waals surface area contributed by atoms with Gasteiger partial charge in [-0.1, -0.05) is 36.4 Å². The van der Waals surface area contributed by atoms with E-state index in [9.17, 15) is 10.2 Å². The molecule has 6 rings (SSSR count). The van der Waals surface area contributed by atoms with Crippen molar-refractivity contribution in [2.75, 3.05) is 0 Å². The Morgan fingerprint density at radius 1 is 0.556 bits per heavy atom. The molecule has 0 aliphatic rings. The van der Waals surface area contributed by atoms with Crippen LogP contribution in [0.25, 0.3) is 45.6 Å². The highest BCUT2D eigenvalue weighted by molar-refractivity contribution is 5.77. The van der Waals surface area contributed by atoms with Gasteiger partial charge in [-0.3, -0.25) is 0 Å². The molecule has 176 valence electrons. The summed E-state index contributed by atoms with van der Waals surface area (Å²) in [4.78, 5) is 2.92. The number of hydrogen-bond donors (Lipinski definition) is 2. The molecule has 2 heterocycles. The Bertz CT molecular complexity index is 1600. The standard InChI is InChI=1S/C28H22N6O2/c1-17-13-19(15-25(27(17)35)33-29-21-7-3-4-8-22(21)30-33)11-12-20-14-18(2)28(36)26(16-20)34-31-23-9-5-6-10-24(23)32-34/h3-16,35-36H,1-2H3. The molecule has 0 radical (unpaired) electrons. The first kappa shape index (κ1) is 21.5. The molecule has 0 saturated carbocycles. The van der Waals surface area contributed by atoms with Gasteiger partial charge in [0, 0.05) is 0 Å². The quantitative estimate of drug-likeness (QED) is 0.334. The topological polar surface area (TPSA) is 102 Å². The third kappa shape index (κ3) is 3.74. The third-order valence-corrected chi connectivity index (χ3v) is 6.08. The van der Waals surface area contributed by atoms with Gasteiger partial charge >= 0.3 is 0 Å². The molecule has 6 aromatic rings. The lowest BCUT2D eigenvalue weighted by atomic mass is 10.0. The van der Waals surface area contributed by atoms with E-state index < -0.39 is 0 Å². The molecule has 8 heteroatoms. The van der Waals surface area contributed by atoms with Gasteiger partial charge in [-0.05, 0) is 84.6 Å². The van der Waals surface area contributed by atoms with Crippen LogP contribution in [0.1, 0.15) is 22.3 Å². The number of aromatic nitrogens is 6. The molecule has 0 amide bonds. The fraction of sp³-hybridized carbons (Fsp3) is 0.0714. The number of hydrogen-bond acceptors (Lipinski definition) is 6. The van der Waals surface area contributed by atoms with E-state index in [1.165, 1.54) is 9.59 Å². The lowest BCUT2D eigenvalue weighted by Gasteiger charge is -2.09. The van der Waals surface area contributed by atoms with Gasteiger partial charge in [0.05, 0.1) is 0 Å². The molecule has 0 unspecified atom stereocenters. The molecule has 0 aliphatic heterocycles. The maximum absolute atomic E-state index is 10.7. The fourth-order valence-corrected chi connectivity index (χ4v) is 4.20. The van der Waals surface area contributed by atoms with Crippen molar-refractivity contribution in [2.45, 2.75) is 13.8 Å². The highest BCUT2D eigenvalue weighted by atomic mass is 16.3. The summed E-state index contributed by atoms with van der Waals surface area (Å²) >= 11 is 0. The third-order valence-electron chi connectivity index (χ3n) is 6.08. The zero-order valence-corrected chi connectivity index (χ0v) is 19.7. The minimum Gasteiger partial charge on any atom is -0.505 e. The first-order valence-electron chi connectivity index (χ1n) is 11.5. The van der Waals surface area contributed by atoms with Crippen LogP contribution in [0.4, 0.5) is 0 Å².